The van der Waals surface area contributed by atoms with Crippen LogP contribution in [0.1, 0.15) is 22.6 Å². The lowest BCUT2D eigenvalue weighted by atomic mass is 10.1. The summed E-state index contributed by atoms with van der Waals surface area (Å²) in [7, 11) is 1.36. The summed E-state index contributed by atoms with van der Waals surface area (Å²) in [6.45, 7) is 1.85. The standard InChI is InChI=1S/C15H14IN3O3/c1-9-12(8-14(20)22-2)15(16)18-13(17-9)7-10-3-5-11(19-21)6-4-10/h3-6H,7-8H2,1-2H3. The monoisotopic (exact) mass is 411 g/mol. The van der Waals surface area contributed by atoms with E-state index in [-0.39, 0.29) is 12.4 Å². The lowest BCUT2D eigenvalue weighted by Gasteiger charge is -2.09. The lowest BCUT2D eigenvalue weighted by Crippen LogP contribution is -2.12. The van der Waals surface area contributed by atoms with Crippen molar-refractivity contribution in [2.24, 2.45) is 5.18 Å². The molecular formula is C15H14IN3O3. The maximum atomic E-state index is 11.4. The van der Waals surface area contributed by atoms with E-state index in [9.17, 15) is 9.70 Å². The summed E-state index contributed by atoms with van der Waals surface area (Å²) in [5, 5.41) is 2.87. The summed E-state index contributed by atoms with van der Waals surface area (Å²) in [5.41, 5.74) is 2.94. The number of halogens is 1. The van der Waals surface area contributed by atoms with Crippen molar-refractivity contribution in [3.63, 3.8) is 0 Å². The molecule has 0 radical (unpaired) electrons. The number of methoxy groups -OCH3 is 1. The van der Waals surface area contributed by atoms with E-state index in [1.165, 1.54) is 7.11 Å². The van der Waals surface area contributed by atoms with Crippen LogP contribution in [-0.4, -0.2) is 23.0 Å². The van der Waals surface area contributed by atoms with E-state index in [1.54, 1.807) is 12.1 Å². The molecule has 1 aromatic carbocycles. The van der Waals surface area contributed by atoms with E-state index < -0.39 is 0 Å². The first-order valence-corrected chi connectivity index (χ1v) is 7.62. The number of hydrogen-bond acceptors (Lipinski definition) is 6. The van der Waals surface area contributed by atoms with Crippen molar-refractivity contribution in [2.45, 2.75) is 19.8 Å². The quantitative estimate of drug-likeness (QED) is 0.327. The number of aryl methyl sites for hydroxylation is 1. The molecule has 0 saturated heterocycles. The molecule has 7 heteroatoms. The van der Waals surface area contributed by atoms with Gasteiger partial charge in [-0.25, -0.2) is 9.97 Å². The second-order valence-electron chi connectivity index (χ2n) is 4.68. The number of ether oxygens (including phenoxy) is 1. The highest BCUT2D eigenvalue weighted by Gasteiger charge is 2.14. The van der Waals surface area contributed by atoms with E-state index in [1.807, 2.05) is 19.1 Å². The predicted octanol–water partition coefficient (Wildman–Crippen LogP) is 3.09. The Bertz CT molecular complexity index is 679. The Kier molecular flexibility index (Phi) is 5.53. The van der Waals surface area contributed by atoms with Gasteiger partial charge in [0.25, 0.3) is 0 Å². The molecule has 0 saturated carbocycles. The third-order valence-corrected chi connectivity index (χ3v) is 4.05. The number of carbonyl (C=O) groups excluding carboxylic acids is 1. The van der Waals surface area contributed by atoms with Crippen LogP contribution >= 0.6 is 22.6 Å². The van der Waals surface area contributed by atoms with Gasteiger partial charge < -0.3 is 4.74 Å². The summed E-state index contributed by atoms with van der Waals surface area (Å²) in [6, 6.07) is 6.97. The minimum Gasteiger partial charge on any atom is -0.469 e. The SMILES string of the molecule is COC(=O)Cc1c(C)nc(Cc2ccc(N=O)cc2)nc1I. The fourth-order valence-electron chi connectivity index (χ4n) is 1.97. The Morgan fingerprint density at radius 1 is 1.27 bits per heavy atom. The van der Waals surface area contributed by atoms with Gasteiger partial charge in [-0.1, -0.05) is 12.1 Å². The second kappa shape index (κ2) is 7.39. The molecule has 1 heterocycles. The van der Waals surface area contributed by atoms with Gasteiger partial charge in [0.2, 0.25) is 0 Å². The van der Waals surface area contributed by atoms with Gasteiger partial charge in [0.1, 0.15) is 15.2 Å². The molecule has 114 valence electrons. The van der Waals surface area contributed by atoms with Gasteiger partial charge in [-0.15, -0.1) is 4.91 Å². The Morgan fingerprint density at radius 3 is 2.50 bits per heavy atom. The Morgan fingerprint density at radius 2 is 1.95 bits per heavy atom. The number of aromatic nitrogens is 2. The molecule has 0 aliphatic carbocycles. The number of nitroso groups, excluding NO2 is 1. The minimum atomic E-state index is -0.311. The second-order valence-corrected chi connectivity index (χ2v) is 5.70. The maximum Gasteiger partial charge on any atom is 0.310 e. The van der Waals surface area contributed by atoms with Crippen LogP contribution in [0.3, 0.4) is 0 Å². The van der Waals surface area contributed by atoms with Crippen LogP contribution in [0, 0.1) is 15.5 Å². The van der Waals surface area contributed by atoms with Crippen molar-refractivity contribution < 1.29 is 9.53 Å². The molecule has 22 heavy (non-hydrogen) atoms. The summed E-state index contributed by atoms with van der Waals surface area (Å²) in [5.74, 6) is 0.358. The topological polar surface area (TPSA) is 81.5 Å². The van der Waals surface area contributed by atoms with Crippen LogP contribution in [0.15, 0.2) is 29.4 Å². The van der Waals surface area contributed by atoms with Crippen LogP contribution in [0.5, 0.6) is 0 Å². The molecule has 0 bridgehead atoms. The maximum absolute atomic E-state index is 11.4. The van der Waals surface area contributed by atoms with Gasteiger partial charge in [-0.2, -0.15) is 0 Å². The molecule has 0 atom stereocenters. The Labute approximate surface area is 141 Å². The van der Waals surface area contributed by atoms with Crippen molar-refractivity contribution in [2.75, 3.05) is 7.11 Å². The molecule has 1 aromatic heterocycles. The number of rotatable bonds is 5. The highest BCUT2D eigenvalue weighted by Crippen LogP contribution is 2.18. The van der Waals surface area contributed by atoms with Crippen LogP contribution < -0.4 is 0 Å². The summed E-state index contributed by atoms with van der Waals surface area (Å²) < 4.78 is 5.43. The van der Waals surface area contributed by atoms with Gasteiger partial charge in [0.15, 0.2) is 0 Å². The van der Waals surface area contributed by atoms with E-state index in [0.29, 0.717) is 17.9 Å². The predicted molar refractivity (Wildman–Crippen MR) is 89.9 cm³/mol. The molecule has 0 aliphatic rings. The van der Waals surface area contributed by atoms with Gasteiger partial charge in [-0.3, -0.25) is 4.79 Å². The average molecular weight is 411 g/mol. The van der Waals surface area contributed by atoms with Crippen molar-refractivity contribution in [3.8, 4) is 0 Å². The minimum absolute atomic E-state index is 0.167. The van der Waals surface area contributed by atoms with Crippen LogP contribution in [-0.2, 0) is 22.4 Å². The number of esters is 1. The first-order chi connectivity index (χ1) is 10.5. The van der Waals surface area contributed by atoms with Gasteiger partial charge in [0, 0.05) is 17.7 Å². The lowest BCUT2D eigenvalue weighted by molar-refractivity contribution is -0.139. The van der Waals surface area contributed by atoms with E-state index in [0.717, 1.165) is 20.5 Å². The first kappa shape index (κ1) is 16.5. The normalized spacial score (nSPS) is 10.3. The zero-order valence-corrected chi connectivity index (χ0v) is 14.3. The van der Waals surface area contributed by atoms with Crippen LogP contribution in [0.25, 0.3) is 0 Å². The fourth-order valence-corrected chi connectivity index (χ4v) is 2.83. The smallest absolute Gasteiger partial charge is 0.310 e. The van der Waals surface area contributed by atoms with Crippen LogP contribution in [0.4, 0.5) is 5.69 Å². The number of nitrogens with zero attached hydrogens (tertiary/aromatic N) is 3. The third-order valence-electron chi connectivity index (χ3n) is 3.16. The molecule has 0 unspecified atom stereocenters. The average Bonchev–Trinajstić information content (AvgIpc) is 2.51. The molecule has 0 spiro atoms. The van der Waals surface area contributed by atoms with Crippen LogP contribution in [0.2, 0.25) is 0 Å². The van der Waals surface area contributed by atoms with Gasteiger partial charge in [0.05, 0.1) is 13.5 Å². The Hall–Kier alpha value is -1.90. The van der Waals surface area contributed by atoms with E-state index in [4.69, 9.17) is 0 Å². The van der Waals surface area contributed by atoms with Crippen molar-refractivity contribution in [3.05, 3.63) is 55.5 Å². The summed E-state index contributed by atoms with van der Waals surface area (Å²) in [4.78, 5) is 30.7. The van der Waals surface area contributed by atoms with Gasteiger partial charge in [-0.05, 0) is 52.4 Å². The summed E-state index contributed by atoms with van der Waals surface area (Å²) >= 11 is 2.10. The molecule has 2 aromatic rings. The molecule has 0 N–H and O–H groups in total. The van der Waals surface area contributed by atoms with Crippen molar-refractivity contribution in [1.29, 1.82) is 0 Å². The van der Waals surface area contributed by atoms with E-state index in [2.05, 4.69) is 42.5 Å². The fraction of sp³-hybridized carbons (Fsp3) is 0.267. The van der Waals surface area contributed by atoms with Crippen molar-refractivity contribution >= 4 is 34.2 Å². The molecule has 2 rings (SSSR count). The zero-order valence-electron chi connectivity index (χ0n) is 12.2. The molecule has 6 nitrogen and oxygen atoms in total. The van der Waals surface area contributed by atoms with Gasteiger partial charge >= 0.3 is 5.97 Å². The molecular weight excluding hydrogens is 397 g/mol. The highest BCUT2D eigenvalue weighted by atomic mass is 127. The largest absolute Gasteiger partial charge is 0.469 e. The summed E-state index contributed by atoms with van der Waals surface area (Å²) in [6.07, 6.45) is 0.717. The molecule has 0 amide bonds. The first-order valence-electron chi connectivity index (χ1n) is 6.54. The Balaban J connectivity index is 2.21. The molecule has 0 aliphatic heterocycles. The molecule has 0 fully saturated rings. The third kappa shape index (κ3) is 4.06. The zero-order chi connectivity index (χ0) is 16.1. The van der Waals surface area contributed by atoms with Crippen molar-refractivity contribution in [1.82, 2.24) is 9.97 Å². The number of benzene rings is 1. The van der Waals surface area contributed by atoms with E-state index >= 15 is 0 Å². The number of hydrogen-bond donors (Lipinski definition) is 0. The number of carbonyl (C=O) groups is 1. The highest BCUT2D eigenvalue weighted by molar-refractivity contribution is 14.1.